The first-order valence-electron chi connectivity index (χ1n) is 8.78. The normalized spacial score (nSPS) is 17.4. The lowest BCUT2D eigenvalue weighted by molar-refractivity contribution is -0.141. The molecule has 0 aliphatic heterocycles. The summed E-state index contributed by atoms with van der Waals surface area (Å²) in [5.74, 6) is -0.195. The molecule has 0 aliphatic carbocycles. The third kappa shape index (κ3) is 6.76. The Hall–Kier alpha value is -1.16. The fraction of sp³-hybridized carbons (Fsp3) is 0.842. The molecule has 3 unspecified atom stereocenters. The number of hydrogen-bond acceptors (Lipinski definition) is 4. The Kier molecular flexibility index (Phi) is 10.1. The van der Waals surface area contributed by atoms with Crippen LogP contribution in [0, 0.1) is 5.92 Å². The molecule has 0 aromatic rings. The van der Waals surface area contributed by atoms with Crippen molar-refractivity contribution in [2.75, 3.05) is 14.2 Å². The molecule has 0 aromatic carbocycles. The van der Waals surface area contributed by atoms with Crippen LogP contribution in [0.1, 0.15) is 72.6 Å². The van der Waals surface area contributed by atoms with E-state index in [1.165, 1.54) is 33.3 Å². The molecular formula is C19H34O5. The quantitative estimate of drug-likeness (QED) is 0.404. The van der Waals surface area contributed by atoms with Gasteiger partial charge >= 0.3 is 5.97 Å². The van der Waals surface area contributed by atoms with Crippen LogP contribution in [0.5, 0.6) is 0 Å². The highest BCUT2D eigenvalue weighted by Gasteiger charge is 2.42. The SMILES string of the molecule is CCCCCCCC(C)(CC(C)(OC)C(=C=O)C(C)C(=O)O)OC. The maximum Gasteiger partial charge on any atom is 0.311 e. The van der Waals surface area contributed by atoms with E-state index in [4.69, 9.17) is 9.47 Å². The number of hydrogen-bond donors (Lipinski definition) is 1. The van der Waals surface area contributed by atoms with Gasteiger partial charge in [0.1, 0.15) is 11.5 Å². The third-order valence-electron chi connectivity index (χ3n) is 4.95. The predicted molar refractivity (Wildman–Crippen MR) is 94.8 cm³/mol. The van der Waals surface area contributed by atoms with Crippen LogP contribution in [0.3, 0.4) is 0 Å². The summed E-state index contributed by atoms with van der Waals surface area (Å²) in [5.41, 5.74) is -1.39. The van der Waals surface area contributed by atoms with Crippen LogP contribution in [0.15, 0.2) is 5.57 Å². The Bertz CT molecular complexity index is 441. The van der Waals surface area contributed by atoms with Gasteiger partial charge in [-0.15, -0.1) is 0 Å². The highest BCUT2D eigenvalue weighted by atomic mass is 16.5. The highest BCUT2D eigenvalue weighted by molar-refractivity contribution is 5.78. The van der Waals surface area contributed by atoms with Crippen LogP contribution in [0.25, 0.3) is 0 Å². The van der Waals surface area contributed by atoms with E-state index in [0.29, 0.717) is 6.42 Å². The Labute approximate surface area is 146 Å². The molecule has 0 bridgehead atoms. The molecule has 3 atom stereocenters. The molecular weight excluding hydrogens is 308 g/mol. The van der Waals surface area contributed by atoms with Gasteiger partial charge < -0.3 is 14.6 Å². The van der Waals surface area contributed by atoms with E-state index < -0.39 is 23.1 Å². The third-order valence-corrected chi connectivity index (χ3v) is 4.95. The van der Waals surface area contributed by atoms with Crippen LogP contribution in [0.4, 0.5) is 0 Å². The first kappa shape index (κ1) is 22.8. The van der Waals surface area contributed by atoms with Gasteiger partial charge in [-0.3, -0.25) is 4.79 Å². The van der Waals surface area contributed by atoms with Gasteiger partial charge in [-0.2, -0.15) is 0 Å². The second-order valence-corrected chi connectivity index (χ2v) is 7.01. The van der Waals surface area contributed by atoms with Crippen LogP contribution in [0.2, 0.25) is 0 Å². The van der Waals surface area contributed by atoms with Gasteiger partial charge in [0.2, 0.25) is 0 Å². The zero-order valence-corrected chi connectivity index (χ0v) is 16.1. The summed E-state index contributed by atoms with van der Waals surface area (Å²) in [7, 11) is 3.14. The van der Waals surface area contributed by atoms with Crippen LogP contribution in [-0.2, 0) is 19.1 Å². The molecule has 1 N–H and O–H groups in total. The van der Waals surface area contributed by atoms with Crippen molar-refractivity contribution >= 4 is 11.9 Å². The Morgan fingerprint density at radius 3 is 2.12 bits per heavy atom. The lowest BCUT2D eigenvalue weighted by Crippen LogP contribution is -2.44. The van der Waals surface area contributed by atoms with Crippen molar-refractivity contribution < 1.29 is 24.2 Å². The summed E-state index contributed by atoms with van der Waals surface area (Å²) < 4.78 is 11.3. The second-order valence-electron chi connectivity index (χ2n) is 7.01. The number of methoxy groups -OCH3 is 2. The van der Waals surface area contributed by atoms with E-state index in [1.54, 1.807) is 14.0 Å². The Morgan fingerprint density at radius 2 is 1.71 bits per heavy atom. The monoisotopic (exact) mass is 342 g/mol. The van der Waals surface area contributed by atoms with Gasteiger partial charge in [0.15, 0.2) is 0 Å². The van der Waals surface area contributed by atoms with Crippen molar-refractivity contribution in [3.8, 4) is 0 Å². The molecule has 0 rings (SSSR count). The van der Waals surface area contributed by atoms with Gasteiger partial charge in [-0.1, -0.05) is 39.0 Å². The highest BCUT2D eigenvalue weighted by Crippen LogP contribution is 2.37. The fourth-order valence-electron chi connectivity index (χ4n) is 3.13. The summed E-state index contributed by atoms with van der Waals surface area (Å²) >= 11 is 0. The second kappa shape index (κ2) is 10.7. The van der Waals surface area contributed by atoms with E-state index in [2.05, 4.69) is 6.92 Å². The zero-order chi connectivity index (χ0) is 18.8. The van der Waals surface area contributed by atoms with E-state index >= 15 is 0 Å². The van der Waals surface area contributed by atoms with Crippen LogP contribution in [-0.4, -0.2) is 42.4 Å². The molecule has 0 heterocycles. The van der Waals surface area contributed by atoms with Gasteiger partial charge in [-0.25, -0.2) is 4.79 Å². The summed E-state index contributed by atoms with van der Waals surface area (Å²) in [5, 5.41) is 9.24. The summed E-state index contributed by atoms with van der Waals surface area (Å²) in [6, 6.07) is 0. The summed E-state index contributed by atoms with van der Waals surface area (Å²) in [6.45, 7) is 7.38. The van der Waals surface area contributed by atoms with Crippen LogP contribution >= 0.6 is 0 Å². The van der Waals surface area contributed by atoms with Crippen molar-refractivity contribution in [3.05, 3.63) is 5.57 Å². The maximum absolute atomic E-state index is 11.4. The molecule has 0 amide bonds. The van der Waals surface area contributed by atoms with Crippen molar-refractivity contribution in [3.63, 3.8) is 0 Å². The smallest absolute Gasteiger partial charge is 0.311 e. The molecule has 140 valence electrons. The minimum Gasteiger partial charge on any atom is -0.481 e. The minimum absolute atomic E-state index is 0.117. The first-order valence-corrected chi connectivity index (χ1v) is 8.78. The average molecular weight is 342 g/mol. The van der Waals surface area contributed by atoms with Gasteiger partial charge in [0.05, 0.1) is 17.1 Å². The van der Waals surface area contributed by atoms with Crippen molar-refractivity contribution in [2.45, 2.75) is 83.8 Å². The molecule has 0 aromatic heterocycles. The zero-order valence-electron chi connectivity index (χ0n) is 16.1. The average Bonchev–Trinajstić information content (AvgIpc) is 2.55. The first-order chi connectivity index (χ1) is 11.2. The van der Waals surface area contributed by atoms with Gasteiger partial charge in [-0.05, 0) is 27.2 Å². The van der Waals surface area contributed by atoms with Crippen molar-refractivity contribution in [1.29, 1.82) is 0 Å². The molecule has 0 saturated heterocycles. The van der Waals surface area contributed by atoms with Crippen molar-refractivity contribution in [2.24, 2.45) is 5.92 Å². The number of unbranched alkanes of at least 4 members (excludes halogenated alkanes) is 4. The molecule has 5 nitrogen and oxygen atoms in total. The van der Waals surface area contributed by atoms with E-state index in [9.17, 15) is 14.7 Å². The largest absolute Gasteiger partial charge is 0.481 e. The molecule has 0 fully saturated rings. The lowest BCUT2D eigenvalue weighted by atomic mass is 9.77. The number of ether oxygens (including phenoxy) is 2. The Morgan fingerprint density at radius 1 is 1.12 bits per heavy atom. The summed E-state index contributed by atoms with van der Waals surface area (Å²) in [4.78, 5) is 22.7. The van der Waals surface area contributed by atoms with Crippen molar-refractivity contribution in [1.82, 2.24) is 0 Å². The van der Waals surface area contributed by atoms with E-state index in [-0.39, 0.29) is 5.57 Å². The number of carboxylic acid groups (broad SMARTS) is 1. The number of aliphatic carboxylic acids is 1. The van der Waals surface area contributed by atoms with Gasteiger partial charge in [0.25, 0.3) is 0 Å². The number of carbonyl (C=O) groups excluding carboxylic acids is 1. The Balaban J connectivity index is 5.13. The number of carboxylic acids is 1. The van der Waals surface area contributed by atoms with Gasteiger partial charge in [0, 0.05) is 20.6 Å². The van der Waals surface area contributed by atoms with E-state index in [0.717, 1.165) is 19.3 Å². The maximum atomic E-state index is 11.4. The topological polar surface area (TPSA) is 72.8 Å². The van der Waals surface area contributed by atoms with E-state index in [1.807, 2.05) is 12.9 Å². The minimum atomic E-state index is -1.06. The molecule has 5 heteroatoms. The molecule has 0 spiro atoms. The van der Waals surface area contributed by atoms with Crippen LogP contribution < -0.4 is 0 Å². The summed E-state index contributed by atoms with van der Waals surface area (Å²) in [6.07, 6.45) is 7.03. The fourth-order valence-corrected chi connectivity index (χ4v) is 3.13. The molecule has 0 radical (unpaired) electrons. The molecule has 24 heavy (non-hydrogen) atoms. The standard InChI is InChI=1S/C19H34O5/c1-7-8-9-10-11-12-18(3,23-5)14-19(4,24-6)16(13-20)15(2)17(21)22/h15H,7-12,14H2,1-6H3,(H,21,22). The number of rotatable bonds is 13. The molecule has 0 aliphatic rings. The molecule has 0 saturated carbocycles. The number of carbonyl (C=O) groups is 1. The predicted octanol–water partition coefficient (Wildman–Crippen LogP) is 4.03. The lowest BCUT2D eigenvalue weighted by Gasteiger charge is -2.39.